The SMILES string of the molecule is CC1(C(=O)NCCCOc2ccccc2)CCCNC1. The third kappa shape index (κ3) is 4.23. The first-order valence-electron chi connectivity index (χ1n) is 7.38. The molecule has 0 radical (unpaired) electrons. The Balaban J connectivity index is 1.62. The summed E-state index contributed by atoms with van der Waals surface area (Å²) in [6.45, 7) is 5.13. The molecule has 1 atom stereocenters. The number of para-hydroxylation sites is 1. The van der Waals surface area contributed by atoms with Crippen molar-refractivity contribution in [2.75, 3.05) is 26.2 Å². The van der Waals surface area contributed by atoms with E-state index in [0.29, 0.717) is 13.2 Å². The molecule has 1 heterocycles. The molecule has 110 valence electrons. The Hall–Kier alpha value is -1.55. The van der Waals surface area contributed by atoms with Gasteiger partial charge in [0.2, 0.25) is 5.91 Å². The van der Waals surface area contributed by atoms with Crippen molar-refractivity contribution in [2.45, 2.75) is 26.2 Å². The summed E-state index contributed by atoms with van der Waals surface area (Å²) in [4.78, 5) is 12.2. The Morgan fingerprint density at radius 1 is 1.40 bits per heavy atom. The van der Waals surface area contributed by atoms with Crippen molar-refractivity contribution in [2.24, 2.45) is 5.41 Å². The van der Waals surface area contributed by atoms with Gasteiger partial charge in [0, 0.05) is 13.1 Å². The summed E-state index contributed by atoms with van der Waals surface area (Å²) in [5.41, 5.74) is -0.251. The van der Waals surface area contributed by atoms with E-state index in [9.17, 15) is 4.79 Å². The van der Waals surface area contributed by atoms with Gasteiger partial charge in [-0.15, -0.1) is 0 Å². The number of hydrogen-bond donors (Lipinski definition) is 2. The minimum atomic E-state index is -0.251. The quantitative estimate of drug-likeness (QED) is 0.781. The predicted octanol–water partition coefficient (Wildman–Crippen LogP) is 1.96. The lowest BCUT2D eigenvalue weighted by Crippen LogP contribution is -2.48. The number of piperidine rings is 1. The number of nitrogens with one attached hydrogen (secondary N) is 2. The molecule has 1 saturated heterocycles. The second-order valence-electron chi connectivity index (χ2n) is 5.61. The fourth-order valence-corrected chi connectivity index (χ4v) is 2.44. The standard InChI is InChI=1S/C16H24N2O2/c1-16(9-5-10-17-13-16)15(19)18-11-6-12-20-14-7-3-2-4-8-14/h2-4,7-8,17H,5-6,9-13H2,1H3,(H,18,19). The number of carbonyl (C=O) groups is 1. The molecule has 1 aromatic carbocycles. The van der Waals surface area contributed by atoms with Crippen LogP contribution >= 0.6 is 0 Å². The number of rotatable bonds is 6. The van der Waals surface area contributed by atoms with Crippen molar-refractivity contribution in [3.8, 4) is 5.75 Å². The molecular formula is C16H24N2O2. The molecule has 1 aromatic rings. The summed E-state index contributed by atoms with van der Waals surface area (Å²) < 4.78 is 5.59. The maximum absolute atomic E-state index is 12.2. The smallest absolute Gasteiger partial charge is 0.227 e. The van der Waals surface area contributed by atoms with Crippen LogP contribution in [0.2, 0.25) is 0 Å². The fraction of sp³-hybridized carbons (Fsp3) is 0.562. The van der Waals surface area contributed by atoms with Crippen molar-refractivity contribution < 1.29 is 9.53 Å². The molecule has 1 aliphatic rings. The van der Waals surface area contributed by atoms with E-state index < -0.39 is 0 Å². The van der Waals surface area contributed by atoms with Crippen LogP contribution in [0.3, 0.4) is 0 Å². The van der Waals surface area contributed by atoms with Crippen LogP contribution in [0.25, 0.3) is 0 Å². The van der Waals surface area contributed by atoms with Crippen LogP contribution in [0.1, 0.15) is 26.2 Å². The Labute approximate surface area is 120 Å². The molecule has 1 amide bonds. The van der Waals surface area contributed by atoms with Gasteiger partial charge in [-0.3, -0.25) is 4.79 Å². The Kier molecular flexibility index (Phi) is 5.41. The van der Waals surface area contributed by atoms with E-state index in [0.717, 1.165) is 38.1 Å². The molecule has 2 rings (SSSR count). The van der Waals surface area contributed by atoms with Gasteiger partial charge in [0.05, 0.1) is 12.0 Å². The van der Waals surface area contributed by atoms with Crippen LogP contribution in [-0.4, -0.2) is 32.1 Å². The Morgan fingerprint density at radius 2 is 2.20 bits per heavy atom. The van der Waals surface area contributed by atoms with Gasteiger partial charge >= 0.3 is 0 Å². The first-order chi connectivity index (χ1) is 9.71. The highest BCUT2D eigenvalue weighted by atomic mass is 16.5. The molecule has 4 nitrogen and oxygen atoms in total. The van der Waals surface area contributed by atoms with E-state index in [1.54, 1.807) is 0 Å². The summed E-state index contributed by atoms with van der Waals surface area (Å²) >= 11 is 0. The van der Waals surface area contributed by atoms with Crippen molar-refractivity contribution in [1.29, 1.82) is 0 Å². The van der Waals surface area contributed by atoms with Gasteiger partial charge in [-0.05, 0) is 44.9 Å². The summed E-state index contributed by atoms with van der Waals surface area (Å²) in [5, 5.41) is 6.31. The van der Waals surface area contributed by atoms with Gasteiger partial charge in [0.1, 0.15) is 5.75 Å². The zero-order valence-corrected chi connectivity index (χ0v) is 12.2. The van der Waals surface area contributed by atoms with E-state index in [1.807, 2.05) is 37.3 Å². The van der Waals surface area contributed by atoms with Crippen LogP contribution in [0.4, 0.5) is 0 Å². The van der Waals surface area contributed by atoms with E-state index >= 15 is 0 Å². The zero-order valence-electron chi connectivity index (χ0n) is 12.2. The molecule has 20 heavy (non-hydrogen) atoms. The van der Waals surface area contributed by atoms with Crippen molar-refractivity contribution in [1.82, 2.24) is 10.6 Å². The summed E-state index contributed by atoms with van der Waals surface area (Å²) in [5.74, 6) is 1.03. The first kappa shape index (κ1) is 14.9. The number of amides is 1. The van der Waals surface area contributed by atoms with Gasteiger partial charge in [-0.1, -0.05) is 18.2 Å². The predicted molar refractivity (Wildman–Crippen MR) is 79.8 cm³/mol. The molecule has 1 aliphatic heterocycles. The summed E-state index contributed by atoms with van der Waals surface area (Å²) in [6, 6.07) is 9.74. The Bertz CT molecular complexity index is 414. The molecule has 1 fully saturated rings. The van der Waals surface area contributed by atoms with Crippen LogP contribution in [0.5, 0.6) is 5.75 Å². The zero-order chi connectivity index (χ0) is 14.3. The van der Waals surface area contributed by atoms with Crippen molar-refractivity contribution in [3.05, 3.63) is 30.3 Å². The molecule has 0 aliphatic carbocycles. The molecule has 0 spiro atoms. The lowest BCUT2D eigenvalue weighted by atomic mass is 9.82. The van der Waals surface area contributed by atoms with Gasteiger partial charge in [0.25, 0.3) is 0 Å². The van der Waals surface area contributed by atoms with Crippen LogP contribution in [0.15, 0.2) is 30.3 Å². The third-order valence-electron chi connectivity index (χ3n) is 3.76. The maximum atomic E-state index is 12.2. The lowest BCUT2D eigenvalue weighted by molar-refractivity contribution is -0.131. The Morgan fingerprint density at radius 3 is 2.90 bits per heavy atom. The number of hydrogen-bond acceptors (Lipinski definition) is 3. The molecular weight excluding hydrogens is 252 g/mol. The van der Waals surface area contributed by atoms with E-state index in [-0.39, 0.29) is 11.3 Å². The topological polar surface area (TPSA) is 50.4 Å². The largest absolute Gasteiger partial charge is 0.494 e. The molecule has 0 bridgehead atoms. The molecule has 2 N–H and O–H groups in total. The number of benzene rings is 1. The highest BCUT2D eigenvalue weighted by molar-refractivity contribution is 5.82. The summed E-state index contributed by atoms with van der Waals surface area (Å²) in [6.07, 6.45) is 2.86. The van der Waals surface area contributed by atoms with E-state index in [1.165, 1.54) is 0 Å². The number of ether oxygens (including phenoxy) is 1. The first-order valence-corrected chi connectivity index (χ1v) is 7.38. The molecule has 1 unspecified atom stereocenters. The van der Waals surface area contributed by atoms with Gasteiger partial charge < -0.3 is 15.4 Å². The lowest BCUT2D eigenvalue weighted by Gasteiger charge is -2.32. The van der Waals surface area contributed by atoms with Gasteiger partial charge in [-0.25, -0.2) is 0 Å². The minimum absolute atomic E-state index is 0.157. The van der Waals surface area contributed by atoms with Crippen molar-refractivity contribution in [3.63, 3.8) is 0 Å². The third-order valence-corrected chi connectivity index (χ3v) is 3.76. The normalized spacial score (nSPS) is 22.2. The van der Waals surface area contributed by atoms with E-state index in [2.05, 4.69) is 10.6 Å². The highest BCUT2D eigenvalue weighted by Crippen LogP contribution is 2.25. The summed E-state index contributed by atoms with van der Waals surface area (Å²) in [7, 11) is 0. The van der Waals surface area contributed by atoms with Gasteiger partial charge in [-0.2, -0.15) is 0 Å². The van der Waals surface area contributed by atoms with Crippen molar-refractivity contribution >= 4 is 5.91 Å². The van der Waals surface area contributed by atoms with Crippen LogP contribution < -0.4 is 15.4 Å². The molecule has 4 heteroatoms. The van der Waals surface area contributed by atoms with Crippen LogP contribution in [-0.2, 0) is 4.79 Å². The number of carbonyl (C=O) groups excluding carboxylic acids is 1. The molecule has 0 aromatic heterocycles. The maximum Gasteiger partial charge on any atom is 0.227 e. The average molecular weight is 276 g/mol. The monoisotopic (exact) mass is 276 g/mol. The second-order valence-corrected chi connectivity index (χ2v) is 5.61. The van der Waals surface area contributed by atoms with Gasteiger partial charge in [0.15, 0.2) is 0 Å². The highest BCUT2D eigenvalue weighted by Gasteiger charge is 2.34. The molecule has 0 saturated carbocycles. The second kappa shape index (κ2) is 7.29. The van der Waals surface area contributed by atoms with E-state index in [4.69, 9.17) is 4.74 Å². The van der Waals surface area contributed by atoms with Crippen LogP contribution in [0, 0.1) is 5.41 Å². The minimum Gasteiger partial charge on any atom is -0.494 e. The fourth-order valence-electron chi connectivity index (χ4n) is 2.44. The average Bonchev–Trinajstić information content (AvgIpc) is 2.48.